The number of anilines is 1. The summed E-state index contributed by atoms with van der Waals surface area (Å²) in [5.41, 5.74) is 2.99. The van der Waals surface area contributed by atoms with Gasteiger partial charge >= 0.3 is 0 Å². The average Bonchev–Trinajstić information content (AvgIpc) is 3.18. The second-order valence-corrected chi connectivity index (χ2v) is 9.68. The van der Waals surface area contributed by atoms with Crippen molar-refractivity contribution in [3.63, 3.8) is 0 Å². The predicted octanol–water partition coefficient (Wildman–Crippen LogP) is 4.36. The Bertz CT molecular complexity index is 1200. The zero-order valence-electron chi connectivity index (χ0n) is 16.5. The van der Waals surface area contributed by atoms with Gasteiger partial charge in [0.15, 0.2) is 0 Å². The smallest absolute Gasteiger partial charge is 0.259 e. The predicted molar refractivity (Wildman–Crippen MR) is 118 cm³/mol. The van der Waals surface area contributed by atoms with Crippen LogP contribution < -0.4 is 4.90 Å². The highest BCUT2D eigenvalue weighted by Crippen LogP contribution is 2.31. The number of para-hydroxylation sites is 1. The molecule has 0 radical (unpaired) electrons. The van der Waals surface area contributed by atoms with Gasteiger partial charge in [-0.15, -0.1) is 0 Å². The molecule has 30 heavy (non-hydrogen) atoms. The van der Waals surface area contributed by atoms with E-state index >= 15 is 0 Å². The Hall–Kier alpha value is -2.67. The van der Waals surface area contributed by atoms with Crippen molar-refractivity contribution in [3.05, 3.63) is 94.5 Å². The minimum atomic E-state index is -3.79. The van der Waals surface area contributed by atoms with E-state index in [1.807, 2.05) is 54.6 Å². The lowest BCUT2D eigenvalue weighted by atomic mass is 10.1. The van der Waals surface area contributed by atoms with E-state index in [-0.39, 0.29) is 27.9 Å². The zero-order chi connectivity index (χ0) is 21.3. The topological polar surface area (TPSA) is 57.7 Å². The highest BCUT2D eigenvalue weighted by molar-refractivity contribution is 7.89. The highest BCUT2D eigenvalue weighted by atomic mass is 35.5. The molecule has 1 aliphatic heterocycles. The van der Waals surface area contributed by atoms with Gasteiger partial charge in [-0.25, -0.2) is 8.42 Å². The molecule has 4 rings (SSSR count). The van der Waals surface area contributed by atoms with Gasteiger partial charge in [0.25, 0.3) is 5.91 Å². The third-order valence-corrected chi connectivity index (χ3v) is 7.39. The summed E-state index contributed by atoms with van der Waals surface area (Å²) >= 11 is 6.30. The van der Waals surface area contributed by atoms with Gasteiger partial charge in [0.1, 0.15) is 0 Å². The standard InChI is InChI=1S/C23H21ClN2O3S/c1-25(16-17-7-3-2-4-8-17)30(28,29)19-11-12-21(24)20(15-19)23(27)26-14-13-18-9-5-6-10-22(18)26/h2-12,15H,13-14,16H2,1H3. The number of fused-ring (bicyclic) bond motifs is 1. The molecule has 0 aromatic heterocycles. The van der Waals surface area contributed by atoms with Gasteiger partial charge < -0.3 is 4.90 Å². The maximum Gasteiger partial charge on any atom is 0.259 e. The monoisotopic (exact) mass is 440 g/mol. The molecule has 1 aliphatic rings. The summed E-state index contributed by atoms with van der Waals surface area (Å²) in [6, 6.07) is 21.3. The quantitative estimate of drug-likeness (QED) is 0.592. The lowest BCUT2D eigenvalue weighted by Crippen LogP contribution is -2.30. The first kappa shape index (κ1) is 20.6. The third-order valence-electron chi connectivity index (χ3n) is 5.26. The fraction of sp³-hybridized carbons (Fsp3) is 0.174. The molecule has 3 aromatic carbocycles. The Labute approximate surface area is 181 Å². The molecular formula is C23H21ClN2O3S. The van der Waals surface area contributed by atoms with Crippen molar-refractivity contribution in [2.75, 3.05) is 18.5 Å². The number of sulfonamides is 1. The molecule has 0 spiro atoms. The SMILES string of the molecule is CN(Cc1ccccc1)S(=O)(=O)c1ccc(Cl)c(C(=O)N2CCc3ccccc32)c1. The molecule has 0 fully saturated rings. The molecule has 0 saturated heterocycles. The summed E-state index contributed by atoms with van der Waals surface area (Å²) < 4.78 is 27.5. The number of hydrogen-bond donors (Lipinski definition) is 0. The van der Waals surface area contributed by atoms with Crippen LogP contribution in [0.2, 0.25) is 5.02 Å². The molecule has 5 nitrogen and oxygen atoms in total. The van der Waals surface area contributed by atoms with Crippen molar-refractivity contribution in [3.8, 4) is 0 Å². The van der Waals surface area contributed by atoms with Gasteiger partial charge in [0.2, 0.25) is 10.0 Å². The number of nitrogens with zero attached hydrogens (tertiary/aromatic N) is 2. The van der Waals surface area contributed by atoms with Gasteiger partial charge in [0, 0.05) is 25.8 Å². The van der Waals surface area contributed by atoms with Crippen LogP contribution in [-0.4, -0.2) is 32.2 Å². The van der Waals surface area contributed by atoms with Crippen LogP contribution in [0.15, 0.2) is 77.7 Å². The molecule has 0 aliphatic carbocycles. The summed E-state index contributed by atoms with van der Waals surface area (Å²) in [5.74, 6) is -0.298. The Kier molecular flexibility index (Phi) is 5.64. The van der Waals surface area contributed by atoms with Crippen LogP contribution in [0.1, 0.15) is 21.5 Å². The van der Waals surface area contributed by atoms with Crippen molar-refractivity contribution in [2.24, 2.45) is 0 Å². The van der Waals surface area contributed by atoms with Crippen LogP contribution >= 0.6 is 11.6 Å². The molecule has 0 saturated carbocycles. The second kappa shape index (κ2) is 8.22. The van der Waals surface area contributed by atoms with E-state index in [0.717, 1.165) is 23.2 Å². The Morgan fingerprint density at radius 2 is 1.73 bits per heavy atom. The van der Waals surface area contributed by atoms with Gasteiger partial charge in [-0.2, -0.15) is 4.31 Å². The van der Waals surface area contributed by atoms with Crippen molar-refractivity contribution in [1.82, 2.24) is 4.31 Å². The fourth-order valence-electron chi connectivity index (χ4n) is 3.63. The first-order valence-corrected chi connectivity index (χ1v) is 11.4. The maximum absolute atomic E-state index is 13.2. The molecule has 7 heteroatoms. The minimum Gasteiger partial charge on any atom is -0.308 e. The van der Waals surface area contributed by atoms with Crippen molar-refractivity contribution in [1.29, 1.82) is 0 Å². The second-order valence-electron chi connectivity index (χ2n) is 7.22. The van der Waals surface area contributed by atoms with Gasteiger partial charge in [0.05, 0.1) is 15.5 Å². The number of benzene rings is 3. The number of carbonyl (C=O) groups is 1. The van der Waals surface area contributed by atoms with E-state index in [4.69, 9.17) is 11.6 Å². The van der Waals surface area contributed by atoms with E-state index in [1.54, 1.807) is 4.90 Å². The summed E-state index contributed by atoms with van der Waals surface area (Å²) in [7, 11) is -2.27. The van der Waals surface area contributed by atoms with Crippen LogP contribution in [0.4, 0.5) is 5.69 Å². The third kappa shape index (κ3) is 3.86. The van der Waals surface area contributed by atoms with Crippen LogP contribution in [-0.2, 0) is 23.0 Å². The molecule has 154 valence electrons. The zero-order valence-corrected chi connectivity index (χ0v) is 18.0. The van der Waals surface area contributed by atoms with Crippen LogP contribution in [0, 0.1) is 0 Å². The number of rotatable bonds is 5. The summed E-state index contributed by atoms with van der Waals surface area (Å²) in [5, 5.41) is 0.231. The molecule has 0 atom stereocenters. The Morgan fingerprint density at radius 1 is 1.03 bits per heavy atom. The molecule has 0 unspecified atom stereocenters. The van der Waals surface area contributed by atoms with E-state index in [9.17, 15) is 13.2 Å². The van der Waals surface area contributed by atoms with Crippen molar-refractivity contribution in [2.45, 2.75) is 17.9 Å². The van der Waals surface area contributed by atoms with Crippen LogP contribution in [0.3, 0.4) is 0 Å². The lowest BCUT2D eigenvalue weighted by molar-refractivity contribution is 0.0989. The first-order chi connectivity index (χ1) is 14.4. The van der Waals surface area contributed by atoms with E-state index < -0.39 is 10.0 Å². The first-order valence-electron chi connectivity index (χ1n) is 9.57. The molecule has 0 bridgehead atoms. The summed E-state index contributed by atoms with van der Waals surface area (Å²) in [6.07, 6.45) is 0.761. The van der Waals surface area contributed by atoms with Crippen LogP contribution in [0.25, 0.3) is 0 Å². The average molecular weight is 441 g/mol. The number of amides is 1. The van der Waals surface area contributed by atoms with E-state index in [1.165, 1.54) is 29.6 Å². The van der Waals surface area contributed by atoms with Gasteiger partial charge in [-0.05, 0) is 41.8 Å². The van der Waals surface area contributed by atoms with Crippen molar-refractivity contribution < 1.29 is 13.2 Å². The maximum atomic E-state index is 13.2. The molecule has 3 aromatic rings. The number of carbonyl (C=O) groups excluding carboxylic acids is 1. The lowest BCUT2D eigenvalue weighted by Gasteiger charge is -2.20. The molecular weight excluding hydrogens is 420 g/mol. The molecule has 1 amide bonds. The Balaban J connectivity index is 1.64. The largest absolute Gasteiger partial charge is 0.308 e. The fourth-order valence-corrected chi connectivity index (χ4v) is 5.01. The number of halogens is 1. The van der Waals surface area contributed by atoms with E-state index in [0.29, 0.717) is 6.54 Å². The summed E-state index contributed by atoms with van der Waals surface area (Å²) in [6.45, 7) is 0.772. The van der Waals surface area contributed by atoms with Gasteiger partial charge in [-0.1, -0.05) is 60.1 Å². The van der Waals surface area contributed by atoms with Gasteiger partial charge in [-0.3, -0.25) is 4.79 Å². The van der Waals surface area contributed by atoms with Crippen molar-refractivity contribution >= 4 is 33.2 Å². The molecule has 0 N–H and O–H groups in total. The van der Waals surface area contributed by atoms with E-state index in [2.05, 4.69) is 0 Å². The normalized spacial score (nSPS) is 13.5. The Morgan fingerprint density at radius 3 is 2.50 bits per heavy atom. The summed E-state index contributed by atoms with van der Waals surface area (Å²) in [4.78, 5) is 14.9. The number of hydrogen-bond acceptors (Lipinski definition) is 3. The minimum absolute atomic E-state index is 0.0427. The molecule has 1 heterocycles. The van der Waals surface area contributed by atoms with Crippen LogP contribution in [0.5, 0.6) is 0 Å². The highest BCUT2D eigenvalue weighted by Gasteiger charge is 2.29.